The lowest BCUT2D eigenvalue weighted by Gasteiger charge is -2.35. The van der Waals surface area contributed by atoms with Crippen LogP contribution in [0.25, 0.3) is 0 Å². The van der Waals surface area contributed by atoms with Gasteiger partial charge in [-0.05, 0) is 37.1 Å². The van der Waals surface area contributed by atoms with E-state index in [0.29, 0.717) is 24.9 Å². The lowest BCUT2D eigenvalue weighted by atomic mass is 10.2. The molecule has 3 N–H and O–H groups in total. The second kappa shape index (κ2) is 8.89. The number of ether oxygens (including phenoxy) is 1. The van der Waals surface area contributed by atoms with Crippen LogP contribution >= 0.6 is 11.6 Å². The van der Waals surface area contributed by atoms with Crippen LogP contribution in [0.2, 0.25) is 5.02 Å². The van der Waals surface area contributed by atoms with E-state index >= 15 is 0 Å². The lowest BCUT2D eigenvalue weighted by Crippen LogP contribution is -2.46. The van der Waals surface area contributed by atoms with Gasteiger partial charge in [0.1, 0.15) is 5.82 Å². The van der Waals surface area contributed by atoms with Crippen molar-refractivity contribution in [2.24, 2.45) is 0 Å². The second-order valence-corrected chi connectivity index (χ2v) is 7.63. The number of benzene rings is 1. The normalized spacial score (nSPS) is 20.5. The van der Waals surface area contributed by atoms with Crippen molar-refractivity contribution in [3.05, 3.63) is 35.1 Å². The molecule has 2 aliphatic heterocycles. The van der Waals surface area contributed by atoms with Gasteiger partial charge >= 0.3 is 0 Å². The molecule has 28 heavy (non-hydrogen) atoms. The Balaban J connectivity index is 1.31. The smallest absolute Gasteiger partial charge is 0.227 e. The van der Waals surface area contributed by atoms with Crippen molar-refractivity contribution in [1.29, 1.82) is 0 Å². The molecular weight excluding hydrogens is 378 g/mol. The minimum Gasteiger partial charge on any atom is -0.376 e. The van der Waals surface area contributed by atoms with Crippen LogP contribution < -0.4 is 16.0 Å². The summed E-state index contributed by atoms with van der Waals surface area (Å²) in [7, 11) is 0. The Bertz CT molecular complexity index is 774. The summed E-state index contributed by atoms with van der Waals surface area (Å²) in [6.07, 6.45) is 2.40. The van der Waals surface area contributed by atoms with Crippen LogP contribution in [0.5, 0.6) is 0 Å². The van der Waals surface area contributed by atoms with Crippen molar-refractivity contribution in [2.75, 3.05) is 55.3 Å². The molecule has 150 valence electrons. The van der Waals surface area contributed by atoms with Gasteiger partial charge in [-0.15, -0.1) is 0 Å². The molecule has 0 amide bonds. The number of nitrogens with one attached hydrogen (secondary N) is 1. The standard InChI is InChI=1S/C19H26ClN7O/c20-14-3-5-15(6-4-14)27-9-7-26(8-10-27)13-17-23-18(21)25-19(24-17)22-12-16-2-1-11-28-16/h3-6,16H,1-2,7-13H2,(H3,21,22,23,24,25). The van der Waals surface area contributed by atoms with E-state index in [0.717, 1.165) is 50.7 Å². The zero-order chi connectivity index (χ0) is 19.3. The van der Waals surface area contributed by atoms with Crippen molar-refractivity contribution < 1.29 is 4.74 Å². The molecule has 0 aliphatic carbocycles. The van der Waals surface area contributed by atoms with Crippen LogP contribution in [0.4, 0.5) is 17.6 Å². The van der Waals surface area contributed by atoms with Crippen LogP contribution in [-0.2, 0) is 11.3 Å². The molecule has 2 fully saturated rings. The fraction of sp³-hybridized carbons (Fsp3) is 0.526. The first-order chi connectivity index (χ1) is 13.7. The summed E-state index contributed by atoms with van der Waals surface area (Å²) < 4.78 is 5.62. The Labute approximate surface area is 170 Å². The number of piperazine rings is 1. The molecule has 0 radical (unpaired) electrons. The van der Waals surface area contributed by atoms with Crippen molar-refractivity contribution in [1.82, 2.24) is 19.9 Å². The van der Waals surface area contributed by atoms with Gasteiger partial charge in [0.15, 0.2) is 0 Å². The zero-order valence-corrected chi connectivity index (χ0v) is 16.6. The molecule has 2 aliphatic rings. The van der Waals surface area contributed by atoms with Gasteiger partial charge < -0.3 is 20.7 Å². The molecule has 0 spiro atoms. The summed E-state index contributed by atoms with van der Waals surface area (Å²) in [5, 5.41) is 4.00. The van der Waals surface area contributed by atoms with E-state index in [1.807, 2.05) is 12.1 Å². The van der Waals surface area contributed by atoms with Gasteiger partial charge in [0.05, 0.1) is 12.6 Å². The molecule has 2 aromatic rings. The van der Waals surface area contributed by atoms with Crippen LogP contribution in [0.15, 0.2) is 24.3 Å². The third-order valence-corrected chi connectivity index (χ3v) is 5.39. The van der Waals surface area contributed by atoms with Gasteiger partial charge in [0.25, 0.3) is 0 Å². The molecule has 9 heteroatoms. The van der Waals surface area contributed by atoms with Gasteiger partial charge in [-0.25, -0.2) is 0 Å². The van der Waals surface area contributed by atoms with E-state index in [2.05, 4.69) is 42.2 Å². The minimum absolute atomic E-state index is 0.224. The molecule has 1 aromatic carbocycles. The maximum atomic E-state index is 5.98. The highest BCUT2D eigenvalue weighted by Crippen LogP contribution is 2.20. The van der Waals surface area contributed by atoms with Crippen LogP contribution in [0.3, 0.4) is 0 Å². The zero-order valence-electron chi connectivity index (χ0n) is 15.9. The Morgan fingerprint density at radius 2 is 1.89 bits per heavy atom. The number of hydrogen-bond acceptors (Lipinski definition) is 8. The summed E-state index contributed by atoms with van der Waals surface area (Å²) >= 11 is 5.98. The summed E-state index contributed by atoms with van der Waals surface area (Å²) in [6, 6.07) is 8.00. The largest absolute Gasteiger partial charge is 0.376 e. The molecule has 3 heterocycles. The van der Waals surface area contributed by atoms with Crippen molar-refractivity contribution >= 4 is 29.2 Å². The molecule has 1 aromatic heterocycles. The molecule has 8 nitrogen and oxygen atoms in total. The van der Waals surface area contributed by atoms with Crippen LogP contribution in [0, 0.1) is 0 Å². The predicted octanol–water partition coefficient (Wildman–Crippen LogP) is 2.02. The maximum Gasteiger partial charge on any atom is 0.227 e. The van der Waals surface area contributed by atoms with E-state index in [4.69, 9.17) is 22.1 Å². The summed E-state index contributed by atoms with van der Waals surface area (Å²) in [6.45, 7) is 5.97. The second-order valence-electron chi connectivity index (χ2n) is 7.19. The van der Waals surface area contributed by atoms with Gasteiger partial charge in [0.2, 0.25) is 11.9 Å². The average Bonchev–Trinajstić information content (AvgIpc) is 3.21. The molecule has 0 saturated carbocycles. The number of nitrogens with two attached hydrogens (primary N) is 1. The quantitative estimate of drug-likeness (QED) is 0.756. The Hall–Kier alpha value is -2.16. The highest BCUT2D eigenvalue weighted by molar-refractivity contribution is 6.30. The summed E-state index contributed by atoms with van der Waals surface area (Å²) in [4.78, 5) is 17.7. The van der Waals surface area contributed by atoms with Gasteiger partial charge in [-0.1, -0.05) is 11.6 Å². The monoisotopic (exact) mass is 403 g/mol. The van der Waals surface area contributed by atoms with Gasteiger partial charge in [-0.3, -0.25) is 4.90 Å². The average molecular weight is 404 g/mol. The van der Waals surface area contributed by atoms with Crippen molar-refractivity contribution in [2.45, 2.75) is 25.5 Å². The first kappa shape index (κ1) is 19.2. The summed E-state index contributed by atoms with van der Waals surface area (Å²) in [5.41, 5.74) is 7.09. The minimum atomic E-state index is 0.224. The molecule has 1 unspecified atom stereocenters. The number of anilines is 3. The Kier molecular flexibility index (Phi) is 6.09. The number of hydrogen-bond donors (Lipinski definition) is 2. The number of nitrogen functional groups attached to an aromatic ring is 1. The van der Waals surface area contributed by atoms with E-state index in [-0.39, 0.29) is 12.1 Å². The first-order valence-corrected chi connectivity index (χ1v) is 10.1. The summed E-state index contributed by atoms with van der Waals surface area (Å²) in [5.74, 6) is 1.47. The molecular formula is C19H26ClN7O. The highest BCUT2D eigenvalue weighted by Gasteiger charge is 2.19. The Morgan fingerprint density at radius 1 is 1.11 bits per heavy atom. The Morgan fingerprint density at radius 3 is 2.61 bits per heavy atom. The molecule has 1 atom stereocenters. The number of aromatic nitrogens is 3. The SMILES string of the molecule is Nc1nc(CN2CCN(c3ccc(Cl)cc3)CC2)nc(NCC2CCCO2)n1. The third-order valence-electron chi connectivity index (χ3n) is 5.14. The van der Waals surface area contributed by atoms with Crippen LogP contribution in [-0.4, -0.2) is 65.3 Å². The number of halogens is 1. The fourth-order valence-corrected chi connectivity index (χ4v) is 3.74. The lowest BCUT2D eigenvalue weighted by molar-refractivity contribution is 0.120. The van der Waals surface area contributed by atoms with E-state index in [1.165, 1.54) is 5.69 Å². The highest BCUT2D eigenvalue weighted by atomic mass is 35.5. The van der Waals surface area contributed by atoms with E-state index in [1.54, 1.807) is 0 Å². The topological polar surface area (TPSA) is 92.4 Å². The van der Waals surface area contributed by atoms with E-state index < -0.39 is 0 Å². The maximum absolute atomic E-state index is 5.98. The molecule has 0 bridgehead atoms. The number of rotatable bonds is 6. The fourth-order valence-electron chi connectivity index (χ4n) is 3.61. The van der Waals surface area contributed by atoms with Gasteiger partial charge in [0, 0.05) is 50.0 Å². The molecule has 2 saturated heterocycles. The van der Waals surface area contributed by atoms with Crippen molar-refractivity contribution in [3.63, 3.8) is 0 Å². The van der Waals surface area contributed by atoms with Gasteiger partial charge in [-0.2, -0.15) is 15.0 Å². The van der Waals surface area contributed by atoms with Crippen molar-refractivity contribution in [3.8, 4) is 0 Å². The van der Waals surface area contributed by atoms with Crippen LogP contribution in [0.1, 0.15) is 18.7 Å². The third kappa shape index (κ3) is 5.01. The molecule has 4 rings (SSSR count). The first-order valence-electron chi connectivity index (χ1n) is 9.74. The number of nitrogens with zero attached hydrogens (tertiary/aromatic N) is 5. The van der Waals surface area contributed by atoms with E-state index in [9.17, 15) is 0 Å². The predicted molar refractivity (Wildman–Crippen MR) is 111 cm³/mol.